The summed E-state index contributed by atoms with van der Waals surface area (Å²) in [6, 6.07) is 6.99. The molecule has 6 heteroatoms. The average molecular weight is 317 g/mol. The van der Waals surface area contributed by atoms with Gasteiger partial charge >= 0.3 is 6.03 Å². The fraction of sp³-hybridized carbons (Fsp3) is 0.417. The lowest BCUT2D eigenvalue weighted by molar-refractivity contribution is 0.0599. The molecule has 100 valence electrons. The molecule has 0 aromatic heterocycles. The molecular weight excluding hydrogens is 300 g/mol. The maximum atomic E-state index is 11.5. The molecule has 1 rings (SSSR count). The van der Waals surface area contributed by atoms with Crippen molar-refractivity contribution >= 4 is 27.6 Å². The number of carbonyl (C=O) groups is 1. The molecule has 0 saturated carbocycles. The lowest BCUT2D eigenvalue weighted by Crippen LogP contribution is -2.32. The first-order valence-corrected chi connectivity index (χ1v) is 6.38. The van der Waals surface area contributed by atoms with Crippen LogP contribution >= 0.6 is 15.9 Å². The number of aliphatic hydroxyl groups excluding tert-OH is 1. The number of hydrogen-bond acceptors (Lipinski definition) is 3. The molecule has 0 heterocycles. The van der Waals surface area contributed by atoms with Crippen LogP contribution in [-0.2, 0) is 4.74 Å². The molecule has 0 aliphatic carbocycles. The number of anilines is 1. The summed E-state index contributed by atoms with van der Waals surface area (Å²) in [7, 11) is 1.52. The Bertz CT molecular complexity index is 370. The van der Waals surface area contributed by atoms with Crippen LogP contribution in [0.3, 0.4) is 0 Å². The minimum atomic E-state index is -0.553. The fourth-order valence-electron chi connectivity index (χ4n) is 1.34. The van der Waals surface area contributed by atoms with Gasteiger partial charge in [-0.25, -0.2) is 4.79 Å². The normalized spacial score (nSPS) is 11.9. The molecule has 5 nitrogen and oxygen atoms in total. The van der Waals surface area contributed by atoms with Gasteiger partial charge in [-0.05, 0) is 30.7 Å². The molecule has 3 N–H and O–H groups in total. The summed E-state index contributed by atoms with van der Waals surface area (Å²) >= 11 is 3.32. The van der Waals surface area contributed by atoms with Crippen molar-refractivity contribution < 1.29 is 14.6 Å². The van der Waals surface area contributed by atoms with Gasteiger partial charge in [0.1, 0.15) is 0 Å². The van der Waals surface area contributed by atoms with E-state index in [4.69, 9.17) is 4.74 Å². The number of urea groups is 1. The van der Waals surface area contributed by atoms with Gasteiger partial charge in [-0.2, -0.15) is 0 Å². The van der Waals surface area contributed by atoms with Crippen molar-refractivity contribution in [3.63, 3.8) is 0 Å². The summed E-state index contributed by atoms with van der Waals surface area (Å²) in [6.45, 7) is 0.670. The third kappa shape index (κ3) is 6.00. The first-order chi connectivity index (χ1) is 8.61. The lowest BCUT2D eigenvalue weighted by Gasteiger charge is -2.11. The number of nitrogens with one attached hydrogen (secondary N) is 2. The molecule has 0 bridgehead atoms. The summed E-state index contributed by atoms with van der Waals surface area (Å²) in [5.41, 5.74) is 0.716. The summed E-state index contributed by atoms with van der Waals surface area (Å²) in [5, 5.41) is 14.7. The van der Waals surface area contributed by atoms with E-state index >= 15 is 0 Å². The zero-order valence-corrected chi connectivity index (χ0v) is 11.7. The first kappa shape index (κ1) is 14.9. The van der Waals surface area contributed by atoms with E-state index in [1.165, 1.54) is 7.11 Å². The summed E-state index contributed by atoms with van der Waals surface area (Å²) < 4.78 is 5.74. The predicted octanol–water partition coefficient (Wildman–Crippen LogP) is 1.97. The highest BCUT2D eigenvalue weighted by atomic mass is 79.9. The number of ether oxygens (including phenoxy) is 1. The predicted molar refractivity (Wildman–Crippen MR) is 73.7 cm³/mol. The second kappa shape index (κ2) is 8.07. The quantitative estimate of drug-likeness (QED) is 0.751. The highest BCUT2D eigenvalue weighted by molar-refractivity contribution is 9.10. The zero-order chi connectivity index (χ0) is 13.4. The maximum Gasteiger partial charge on any atom is 0.319 e. The standard InChI is InChI=1S/C12H17BrN2O3/c1-18-8-11(16)6-7-14-12(17)15-10-4-2-9(13)3-5-10/h2-5,11,16H,6-8H2,1H3,(H2,14,15,17). The molecule has 0 aliphatic heterocycles. The van der Waals surface area contributed by atoms with Crippen molar-refractivity contribution in [1.29, 1.82) is 0 Å². The third-order valence-corrected chi connectivity index (χ3v) is 2.75. The maximum absolute atomic E-state index is 11.5. The van der Waals surface area contributed by atoms with E-state index in [9.17, 15) is 9.90 Å². The number of carbonyl (C=O) groups excluding carboxylic acids is 1. The molecule has 1 atom stereocenters. The molecule has 0 fully saturated rings. The van der Waals surface area contributed by atoms with Gasteiger partial charge in [0.25, 0.3) is 0 Å². The van der Waals surface area contributed by atoms with Gasteiger partial charge < -0.3 is 20.5 Å². The SMILES string of the molecule is COCC(O)CCNC(=O)Nc1ccc(Br)cc1. The second-order valence-corrected chi connectivity index (χ2v) is 4.70. The van der Waals surface area contributed by atoms with E-state index in [-0.39, 0.29) is 12.6 Å². The number of halogens is 1. The summed E-state index contributed by atoms with van der Waals surface area (Å²) in [5.74, 6) is 0. The molecule has 1 aromatic rings. The van der Waals surface area contributed by atoms with Crippen LogP contribution in [0.4, 0.5) is 10.5 Å². The molecule has 0 spiro atoms. The lowest BCUT2D eigenvalue weighted by atomic mass is 10.3. The van der Waals surface area contributed by atoms with Crippen LogP contribution < -0.4 is 10.6 Å². The van der Waals surface area contributed by atoms with E-state index in [1.54, 1.807) is 12.1 Å². The summed E-state index contributed by atoms with van der Waals surface area (Å²) in [6.07, 6.45) is -0.0929. The smallest absolute Gasteiger partial charge is 0.319 e. The van der Waals surface area contributed by atoms with Gasteiger partial charge in [0.05, 0.1) is 12.7 Å². The van der Waals surface area contributed by atoms with Crippen molar-refractivity contribution in [2.45, 2.75) is 12.5 Å². The van der Waals surface area contributed by atoms with Crippen molar-refractivity contribution in [3.8, 4) is 0 Å². The topological polar surface area (TPSA) is 70.6 Å². The first-order valence-electron chi connectivity index (χ1n) is 5.59. The third-order valence-electron chi connectivity index (χ3n) is 2.22. The van der Waals surface area contributed by atoms with Crippen LogP contribution in [0.5, 0.6) is 0 Å². The minimum Gasteiger partial charge on any atom is -0.391 e. The number of methoxy groups -OCH3 is 1. The van der Waals surface area contributed by atoms with E-state index < -0.39 is 6.10 Å². The molecule has 18 heavy (non-hydrogen) atoms. The van der Waals surface area contributed by atoms with Crippen LogP contribution in [0.25, 0.3) is 0 Å². The Morgan fingerprint density at radius 1 is 1.44 bits per heavy atom. The molecule has 0 aliphatic rings. The number of benzene rings is 1. The van der Waals surface area contributed by atoms with Crippen molar-refractivity contribution in [2.75, 3.05) is 25.6 Å². The largest absolute Gasteiger partial charge is 0.391 e. The van der Waals surface area contributed by atoms with Gasteiger partial charge in [0, 0.05) is 23.8 Å². The molecule has 0 radical (unpaired) electrons. The average Bonchev–Trinajstić information content (AvgIpc) is 2.32. The number of aliphatic hydroxyl groups is 1. The Hall–Kier alpha value is -1.11. The molecule has 1 unspecified atom stereocenters. The highest BCUT2D eigenvalue weighted by Gasteiger charge is 2.05. The number of rotatable bonds is 6. The Morgan fingerprint density at radius 3 is 2.72 bits per heavy atom. The van der Waals surface area contributed by atoms with Crippen LogP contribution in [0.2, 0.25) is 0 Å². The van der Waals surface area contributed by atoms with Gasteiger partial charge in [-0.15, -0.1) is 0 Å². The zero-order valence-electron chi connectivity index (χ0n) is 10.1. The van der Waals surface area contributed by atoms with Crippen LogP contribution in [0.15, 0.2) is 28.7 Å². The van der Waals surface area contributed by atoms with Gasteiger partial charge in [0.15, 0.2) is 0 Å². The Labute approximate surface area is 115 Å². The van der Waals surface area contributed by atoms with Crippen molar-refractivity contribution in [1.82, 2.24) is 5.32 Å². The van der Waals surface area contributed by atoms with E-state index in [2.05, 4.69) is 26.6 Å². The molecule has 2 amide bonds. The van der Waals surface area contributed by atoms with Gasteiger partial charge in [-0.1, -0.05) is 15.9 Å². The molecular formula is C12H17BrN2O3. The van der Waals surface area contributed by atoms with Gasteiger partial charge in [0.2, 0.25) is 0 Å². The fourth-order valence-corrected chi connectivity index (χ4v) is 1.60. The van der Waals surface area contributed by atoms with Crippen LogP contribution in [0.1, 0.15) is 6.42 Å². The molecule has 0 saturated heterocycles. The van der Waals surface area contributed by atoms with Crippen LogP contribution in [-0.4, -0.2) is 37.5 Å². The van der Waals surface area contributed by atoms with E-state index in [1.807, 2.05) is 12.1 Å². The summed E-state index contributed by atoms with van der Waals surface area (Å²) in [4.78, 5) is 11.5. The monoisotopic (exact) mass is 316 g/mol. The Morgan fingerprint density at radius 2 is 2.11 bits per heavy atom. The number of amides is 2. The van der Waals surface area contributed by atoms with E-state index in [0.29, 0.717) is 18.7 Å². The van der Waals surface area contributed by atoms with E-state index in [0.717, 1.165) is 4.47 Å². The van der Waals surface area contributed by atoms with Gasteiger partial charge in [-0.3, -0.25) is 0 Å². The Balaban J connectivity index is 2.23. The number of hydrogen-bond donors (Lipinski definition) is 3. The Kier molecular flexibility index (Phi) is 6.70. The highest BCUT2D eigenvalue weighted by Crippen LogP contribution is 2.13. The minimum absolute atomic E-state index is 0.274. The van der Waals surface area contributed by atoms with Crippen LogP contribution in [0, 0.1) is 0 Å². The second-order valence-electron chi connectivity index (χ2n) is 3.79. The van der Waals surface area contributed by atoms with Crippen molar-refractivity contribution in [2.24, 2.45) is 0 Å². The van der Waals surface area contributed by atoms with Crippen molar-refractivity contribution in [3.05, 3.63) is 28.7 Å². The molecule has 1 aromatic carbocycles.